The summed E-state index contributed by atoms with van der Waals surface area (Å²) < 4.78 is 5.69. The van der Waals surface area contributed by atoms with Gasteiger partial charge in [-0.2, -0.15) is 0 Å². The molecule has 29 heavy (non-hydrogen) atoms. The van der Waals surface area contributed by atoms with Crippen LogP contribution in [-0.2, 0) is 10.2 Å². The molecule has 162 valence electrons. The summed E-state index contributed by atoms with van der Waals surface area (Å²) in [4.78, 5) is 7.09. The maximum Gasteiger partial charge on any atom is 0.191 e. The van der Waals surface area contributed by atoms with Gasteiger partial charge in [0.1, 0.15) is 0 Å². The smallest absolute Gasteiger partial charge is 0.191 e. The Balaban J connectivity index is 1.49. The maximum atomic E-state index is 5.69. The van der Waals surface area contributed by atoms with Crippen LogP contribution in [0.4, 0.5) is 0 Å². The van der Waals surface area contributed by atoms with Crippen molar-refractivity contribution in [2.45, 2.75) is 57.3 Å². The van der Waals surface area contributed by atoms with E-state index in [0.29, 0.717) is 0 Å². The summed E-state index contributed by atoms with van der Waals surface area (Å²) in [5, 5.41) is 7.15. The Morgan fingerprint density at radius 3 is 2.48 bits per heavy atom. The number of ether oxygens (including phenoxy) is 1. The van der Waals surface area contributed by atoms with Gasteiger partial charge in [0, 0.05) is 38.8 Å². The van der Waals surface area contributed by atoms with Crippen LogP contribution in [0.2, 0.25) is 0 Å². The molecule has 2 aliphatic heterocycles. The molecule has 5 nitrogen and oxygen atoms in total. The molecule has 2 N–H and O–H groups in total. The van der Waals surface area contributed by atoms with Crippen molar-refractivity contribution in [3.05, 3.63) is 35.4 Å². The summed E-state index contributed by atoms with van der Waals surface area (Å²) in [6, 6.07) is 8.81. The molecule has 2 aliphatic rings. The zero-order chi connectivity index (χ0) is 20.4. The number of nitrogens with zero attached hydrogens (tertiary/aromatic N) is 2. The summed E-state index contributed by atoms with van der Waals surface area (Å²) in [7, 11) is 1.87. The van der Waals surface area contributed by atoms with Gasteiger partial charge in [-0.1, -0.05) is 37.1 Å². The van der Waals surface area contributed by atoms with Crippen LogP contribution < -0.4 is 10.6 Å². The third kappa shape index (κ3) is 6.45. The van der Waals surface area contributed by atoms with Crippen molar-refractivity contribution in [3.8, 4) is 0 Å². The molecule has 2 saturated heterocycles. The van der Waals surface area contributed by atoms with Crippen molar-refractivity contribution < 1.29 is 4.74 Å². The summed E-state index contributed by atoms with van der Waals surface area (Å²) in [5.41, 5.74) is 2.94. The number of likely N-dealkylation sites (tertiary alicyclic amines) is 1. The average molecular weight is 401 g/mol. The Hall–Kier alpha value is -1.59. The molecule has 0 aromatic heterocycles. The molecule has 5 heteroatoms. The molecule has 0 atom stereocenters. The van der Waals surface area contributed by atoms with Crippen molar-refractivity contribution >= 4 is 5.96 Å². The first-order valence-electron chi connectivity index (χ1n) is 11.5. The highest BCUT2D eigenvalue weighted by atomic mass is 16.5. The summed E-state index contributed by atoms with van der Waals surface area (Å²) in [6.45, 7) is 9.48. The van der Waals surface area contributed by atoms with Gasteiger partial charge >= 0.3 is 0 Å². The molecule has 0 unspecified atom stereocenters. The molecule has 0 amide bonds. The standard InChI is InChI=1S/C24H40N4O/c1-21-10-5-6-11-22(21)24(12-18-29-19-13-24)20-27-23(25-2)26-14-9-17-28-15-7-3-4-8-16-28/h5-6,10-11H,3-4,7-9,12-20H2,1-2H3,(H2,25,26,27). The zero-order valence-corrected chi connectivity index (χ0v) is 18.5. The number of nitrogens with one attached hydrogen (secondary N) is 2. The Morgan fingerprint density at radius 2 is 1.79 bits per heavy atom. The number of hydrogen-bond donors (Lipinski definition) is 2. The molecular formula is C24H40N4O. The molecule has 1 aromatic carbocycles. The van der Waals surface area contributed by atoms with E-state index in [0.717, 1.165) is 51.5 Å². The molecule has 0 aliphatic carbocycles. The molecule has 1 aromatic rings. The van der Waals surface area contributed by atoms with Crippen LogP contribution in [0, 0.1) is 6.92 Å². The van der Waals surface area contributed by atoms with Crippen molar-refractivity contribution in [2.75, 3.05) is 53.0 Å². The normalized spacial score (nSPS) is 20.8. The van der Waals surface area contributed by atoms with Gasteiger partial charge in [0.2, 0.25) is 0 Å². The van der Waals surface area contributed by atoms with Crippen LogP contribution in [0.3, 0.4) is 0 Å². The van der Waals surface area contributed by atoms with E-state index in [1.807, 2.05) is 7.05 Å². The minimum absolute atomic E-state index is 0.118. The van der Waals surface area contributed by atoms with Gasteiger partial charge in [0.15, 0.2) is 5.96 Å². The number of aryl methyl sites for hydroxylation is 1. The van der Waals surface area contributed by atoms with Crippen LogP contribution in [0.1, 0.15) is 56.1 Å². The lowest BCUT2D eigenvalue weighted by Crippen LogP contribution is -2.48. The number of hydrogen-bond acceptors (Lipinski definition) is 3. The minimum atomic E-state index is 0.118. The van der Waals surface area contributed by atoms with Crippen molar-refractivity contribution in [3.63, 3.8) is 0 Å². The van der Waals surface area contributed by atoms with Crippen molar-refractivity contribution in [1.82, 2.24) is 15.5 Å². The van der Waals surface area contributed by atoms with Crippen LogP contribution in [0.5, 0.6) is 0 Å². The Bertz CT molecular complexity index is 632. The van der Waals surface area contributed by atoms with Gasteiger partial charge in [-0.3, -0.25) is 4.99 Å². The first-order chi connectivity index (χ1) is 14.2. The maximum absolute atomic E-state index is 5.69. The fraction of sp³-hybridized carbons (Fsp3) is 0.708. The predicted octanol–water partition coefficient (Wildman–Crippen LogP) is 3.47. The molecule has 0 spiro atoms. The van der Waals surface area contributed by atoms with Crippen LogP contribution in [-0.4, -0.2) is 63.8 Å². The lowest BCUT2D eigenvalue weighted by Gasteiger charge is -2.39. The predicted molar refractivity (Wildman–Crippen MR) is 122 cm³/mol. The van der Waals surface area contributed by atoms with E-state index >= 15 is 0 Å². The fourth-order valence-electron chi connectivity index (χ4n) is 4.81. The number of benzene rings is 1. The van der Waals surface area contributed by atoms with Crippen LogP contribution in [0.25, 0.3) is 0 Å². The van der Waals surface area contributed by atoms with Gasteiger partial charge in [-0.15, -0.1) is 0 Å². The second-order valence-electron chi connectivity index (χ2n) is 8.67. The van der Waals surface area contributed by atoms with E-state index in [1.54, 1.807) is 0 Å². The SMILES string of the molecule is CN=C(NCCCN1CCCCCC1)NCC1(c2ccccc2C)CCOCC1. The Kier molecular flexibility index (Phi) is 8.81. The minimum Gasteiger partial charge on any atom is -0.381 e. The number of rotatable bonds is 7. The van der Waals surface area contributed by atoms with Gasteiger partial charge in [-0.05, 0) is 69.8 Å². The molecular weight excluding hydrogens is 360 g/mol. The molecule has 0 saturated carbocycles. The number of guanidine groups is 1. The fourth-order valence-corrected chi connectivity index (χ4v) is 4.81. The third-order valence-electron chi connectivity index (χ3n) is 6.63. The Labute approximate surface area is 177 Å². The molecule has 0 radical (unpaired) electrons. The molecule has 0 bridgehead atoms. The van der Waals surface area contributed by atoms with Crippen molar-refractivity contribution in [1.29, 1.82) is 0 Å². The topological polar surface area (TPSA) is 48.9 Å². The monoisotopic (exact) mass is 400 g/mol. The van der Waals surface area contributed by atoms with Gasteiger partial charge < -0.3 is 20.3 Å². The molecule has 3 rings (SSSR count). The third-order valence-corrected chi connectivity index (χ3v) is 6.63. The molecule has 2 fully saturated rings. The highest BCUT2D eigenvalue weighted by molar-refractivity contribution is 5.79. The van der Waals surface area contributed by atoms with E-state index in [-0.39, 0.29) is 5.41 Å². The molecule has 2 heterocycles. The summed E-state index contributed by atoms with van der Waals surface area (Å²) >= 11 is 0. The second kappa shape index (κ2) is 11.6. The van der Waals surface area contributed by atoms with Gasteiger partial charge in [0.05, 0.1) is 0 Å². The summed E-state index contributed by atoms with van der Waals surface area (Å²) in [6.07, 6.45) is 8.80. The van der Waals surface area contributed by atoms with E-state index < -0.39 is 0 Å². The lowest BCUT2D eigenvalue weighted by molar-refractivity contribution is 0.0512. The van der Waals surface area contributed by atoms with Crippen molar-refractivity contribution in [2.24, 2.45) is 4.99 Å². The largest absolute Gasteiger partial charge is 0.381 e. The van der Waals surface area contributed by atoms with Crippen LogP contribution in [0.15, 0.2) is 29.3 Å². The first-order valence-corrected chi connectivity index (χ1v) is 11.5. The van der Waals surface area contributed by atoms with E-state index in [4.69, 9.17) is 4.74 Å². The van der Waals surface area contributed by atoms with Crippen LogP contribution >= 0.6 is 0 Å². The van der Waals surface area contributed by atoms with E-state index in [1.165, 1.54) is 56.4 Å². The van der Waals surface area contributed by atoms with Gasteiger partial charge in [0.25, 0.3) is 0 Å². The highest BCUT2D eigenvalue weighted by Gasteiger charge is 2.35. The van der Waals surface area contributed by atoms with Gasteiger partial charge in [-0.25, -0.2) is 0 Å². The first kappa shape index (κ1) is 22.1. The van der Waals surface area contributed by atoms with E-state index in [2.05, 4.69) is 51.7 Å². The number of aliphatic imine (C=N–C) groups is 1. The summed E-state index contributed by atoms with van der Waals surface area (Å²) in [5.74, 6) is 0.917. The zero-order valence-electron chi connectivity index (χ0n) is 18.5. The quantitative estimate of drug-likeness (QED) is 0.418. The van der Waals surface area contributed by atoms with E-state index in [9.17, 15) is 0 Å². The Morgan fingerprint density at radius 1 is 1.07 bits per heavy atom. The average Bonchev–Trinajstić information content (AvgIpc) is 3.03. The highest BCUT2D eigenvalue weighted by Crippen LogP contribution is 2.36. The lowest BCUT2D eigenvalue weighted by atomic mass is 9.72. The second-order valence-corrected chi connectivity index (χ2v) is 8.67.